The van der Waals surface area contributed by atoms with Crippen LogP contribution in [0.4, 0.5) is 5.69 Å². The molecule has 0 N–H and O–H groups in total. The maximum atomic E-state index is 12.9. The van der Waals surface area contributed by atoms with Crippen LogP contribution in [0.5, 0.6) is 5.75 Å². The van der Waals surface area contributed by atoms with E-state index >= 15 is 0 Å². The number of likely N-dealkylation sites (tertiary alicyclic amines) is 1. The molecule has 1 aromatic heterocycles. The molecule has 2 aliphatic rings. The van der Waals surface area contributed by atoms with Crippen LogP contribution < -0.4 is 9.64 Å². The lowest BCUT2D eigenvalue weighted by Crippen LogP contribution is -2.46. The second-order valence-electron chi connectivity index (χ2n) is 8.91. The molecular weight excluding hydrogens is 442 g/mol. The molecule has 1 aromatic carbocycles. The summed E-state index contributed by atoms with van der Waals surface area (Å²) < 4.78 is 6.01. The van der Waals surface area contributed by atoms with Crippen LogP contribution in [0.25, 0.3) is 0 Å². The zero-order valence-corrected chi connectivity index (χ0v) is 20.9. The van der Waals surface area contributed by atoms with E-state index in [1.165, 1.54) is 23.4 Å². The van der Waals surface area contributed by atoms with Crippen molar-refractivity contribution in [3.8, 4) is 5.75 Å². The van der Waals surface area contributed by atoms with Gasteiger partial charge in [0.05, 0.1) is 17.4 Å². The number of amides is 1. The summed E-state index contributed by atoms with van der Waals surface area (Å²) in [5.74, 6) is 1.19. The Morgan fingerprint density at radius 1 is 1.00 bits per heavy atom. The number of carbonyl (C=O) groups excluding carboxylic acids is 1. The van der Waals surface area contributed by atoms with Gasteiger partial charge in [-0.1, -0.05) is 25.0 Å². The number of para-hydroxylation sites is 2. The number of halogens is 1. The molecule has 0 radical (unpaired) electrons. The van der Waals surface area contributed by atoms with E-state index in [0.29, 0.717) is 0 Å². The van der Waals surface area contributed by atoms with Gasteiger partial charge in [0.15, 0.2) is 0 Å². The average Bonchev–Trinajstić information content (AvgIpc) is 3.06. The molecule has 0 aliphatic carbocycles. The van der Waals surface area contributed by atoms with Crippen LogP contribution in [0.15, 0.2) is 35.7 Å². The number of anilines is 1. The molecule has 3 heterocycles. The molecule has 32 heavy (non-hydrogen) atoms. The quantitative estimate of drug-likeness (QED) is 0.566. The standard InChI is InChI=1S/C25H35N3O2S.ClH/c1-20(2)30-24-10-6-5-9-23(24)27-15-13-26(14-16-27)18-22-17-21(19-31-22)25(29)28-11-7-3-4-8-12-28;/h5-6,9-10,17,19-20H,3-4,7-8,11-16,18H2,1-2H3;1H. The van der Waals surface area contributed by atoms with Gasteiger partial charge in [0.2, 0.25) is 0 Å². The largest absolute Gasteiger partial charge is 0.489 e. The third-order valence-electron chi connectivity index (χ3n) is 6.11. The number of rotatable bonds is 6. The first-order valence-electron chi connectivity index (χ1n) is 11.7. The van der Waals surface area contributed by atoms with Gasteiger partial charge in [0.1, 0.15) is 5.75 Å². The monoisotopic (exact) mass is 477 g/mol. The number of carbonyl (C=O) groups is 1. The van der Waals surface area contributed by atoms with Crippen molar-refractivity contribution in [2.24, 2.45) is 0 Å². The van der Waals surface area contributed by atoms with Gasteiger partial charge in [0, 0.05) is 56.1 Å². The molecule has 0 spiro atoms. The van der Waals surface area contributed by atoms with E-state index in [0.717, 1.165) is 70.0 Å². The molecule has 0 saturated carbocycles. The van der Waals surface area contributed by atoms with Gasteiger partial charge in [-0.2, -0.15) is 0 Å². The molecule has 0 atom stereocenters. The average molecular weight is 478 g/mol. The number of benzene rings is 1. The highest BCUT2D eigenvalue weighted by molar-refractivity contribution is 7.10. The molecule has 2 fully saturated rings. The van der Waals surface area contributed by atoms with Crippen LogP contribution in [-0.2, 0) is 6.54 Å². The van der Waals surface area contributed by atoms with Crippen molar-refractivity contribution < 1.29 is 9.53 Å². The molecule has 1 amide bonds. The topological polar surface area (TPSA) is 36.0 Å². The van der Waals surface area contributed by atoms with Crippen molar-refractivity contribution in [3.05, 3.63) is 46.2 Å². The van der Waals surface area contributed by atoms with Crippen molar-refractivity contribution in [3.63, 3.8) is 0 Å². The number of hydrogen-bond acceptors (Lipinski definition) is 5. The van der Waals surface area contributed by atoms with Crippen LogP contribution in [-0.4, -0.2) is 61.1 Å². The Kier molecular flexibility index (Phi) is 9.26. The Morgan fingerprint density at radius 3 is 2.38 bits per heavy atom. The molecule has 2 saturated heterocycles. The number of nitrogens with zero attached hydrogens (tertiary/aromatic N) is 3. The summed E-state index contributed by atoms with van der Waals surface area (Å²) in [6.07, 6.45) is 4.95. The van der Waals surface area contributed by atoms with Gasteiger partial charge >= 0.3 is 0 Å². The number of piperazine rings is 1. The Labute approximate surface area is 202 Å². The Morgan fingerprint density at radius 2 is 1.69 bits per heavy atom. The normalized spacial score (nSPS) is 17.7. The molecule has 4 rings (SSSR count). The summed E-state index contributed by atoms with van der Waals surface area (Å²) in [5.41, 5.74) is 2.07. The summed E-state index contributed by atoms with van der Waals surface area (Å²) >= 11 is 1.72. The van der Waals surface area contributed by atoms with Gasteiger partial charge in [0.25, 0.3) is 5.91 Å². The zero-order chi connectivity index (χ0) is 21.6. The number of hydrogen-bond donors (Lipinski definition) is 0. The van der Waals surface area contributed by atoms with E-state index in [2.05, 4.69) is 53.3 Å². The Hall–Kier alpha value is -1.76. The summed E-state index contributed by atoms with van der Waals surface area (Å²) in [6.45, 7) is 10.9. The van der Waals surface area contributed by atoms with E-state index < -0.39 is 0 Å². The van der Waals surface area contributed by atoms with E-state index in [9.17, 15) is 4.79 Å². The molecular formula is C25H36ClN3O2S. The third kappa shape index (κ3) is 6.40. The third-order valence-corrected chi connectivity index (χ3v) is 7.04. The SMILES string of the molecule is CC(C)Oc1ccccc1N1CCN(Cc2cc(C(=O)N3CCCCCC3)cs2)CC1.Cl. The van der Waals surface area contributed by atoms with Crippen LogP contribution in [0.2, 0.25) is 0 Å². The van der Waals surface area contributed by atoms with Crippen LogP contribution in [0.1, 0.15) is 54.8 Å². The fourth-order valence-electron chi connectivity index (χ4n) is 4.47. The number of thiophene rings is 1. The predicted molar refractivity (Wildman–Crippen MR) is 136 cm³/mol. The van der Waals surface area contributed by atoms with Crippen molar-refractivity contribution in [2.45, 2.75) is 52.2 Å². The summed E-state index contributed by atoms with van der Waals surface area (Å²) in [7, 11) is 0. The minimum absolute atomic E-state index is 0. The maximum absolute atomic E-state index is 12.9. The fourth-order valence-corrected chi connectivity index (χ4v) is 5.37. The first-order valence-corrected chi connectivity index (χ1v) is 12.6. The summed E-state index contributed by atoms with van der Waals surface area (Å²) in [6, 6.07) is 10.5. The summed E-state index contributed by atoms with van der Waals surface area (Å²) in [4.78, 5) is 21.1. The number of ether oxygens (including phenoxy) is 1. The highest BCUT2D eigenvalue weighted by Gasteiger charge is 2.22. The van der Waals surface area contributed by atoms with Crippen molar-refractivity contribution in [2.75, 3.05) is 44.2 Å². The van der Waals surface area contributed by atoms with Crippen LogP contribution >= 0.6 is 23.7 Å². The molecule has 7 heteroatoms. The molecule has 0 bridgehead atoms. The van der Waals surface area contributed by atoms with Gasteiger partial charge in [-0.3, -0.25) is 9.69 Å². The second kappa shape index (κ2) is 11.9. The molecule has 2 aromatic rings. The lowest BCUT2D eigenvalue weighted by molar-refractivity contribution is 0.0762. The molecule has 5 nitrogen and oxygen atoms in total. The Bertz CT molecular complexity index is 856. The minimum Gasteiger partial charge on any atom is -0.489 e. The molecule has 0 unspecified atom stereocenters. The van der Waals surface area contributed by atoms with E-state index in [1.54, 1.807) is 11.3 Å². The zero-order valence-electron chi connectivity index (χ0n) is 19.3. The highest BCUT2D eigenvalue weighted by Crippen LogP contribution is 2.30. The smallest absolute Gasteiger partial charge is 0.254 e. The van der Waals surface area contributed by atoms with E-state index in [4.69, 9.17) is 4.74 Å². The van der Waals surface area contributed by atoms with Gasteiger partial charge in [-0.05, 0) is 44.9 Å². The van der Waals surface area contributed by atoms with Gasteiger partial charge in [-0.15, -0.1) is 23.7 Å². The maximum Gasteiger partial charge on any atom is 0.254 e. The van der Waals surface area contributed by atoms with Crippen molar-refractivity contribution in [1.82, 2.24) is 9.80 Å². The molecule has 176 valence electrons. The highest BCUT2D eigenvalue weighted by atomic mass is 35.5. The Balaban J connectivity index is 0.00000289. The van der Waals surface area contributed by atoms with Gasteiger partial charge < -0.3 is 14.5 Å². The lowest BCUT2D eigenvalue weighted by atomic mass is 10.2. The second-order valence-corrected chi connectivity index (χ2v) is 9.90. The summed E-state index contributed by atoms with van der Waals surface area (Å²) in [5, 5.41) is 2.05. The van der Waals surface area contributed by atoms with Crippen molar-refractivity contribution in [1.29, 1.82) is 0 Å². The van der Waals surface area contributed by atoms with Gasteiger partial charge in [-0.25, -0.2) is 0 Å². The first kappa shape index (κ1) is 24.9. The van der Waals surface area contributed by atoms with Crippen LogP contribution in [0.3, 0.4) is 0 Å². The predicted octanol–water partition coefficient (Wildman–Crippen LogP) is 5.30. The lowest BCUT2D eigenvalue weighted by Gasteiger charge is -2.36. The van der Waals surface area contributed by atoms with E-state index in [-0.39, 0.29) is 24.4 Å². The fraction of sp³-hybridized carbons (Fsp3) is 0.560. The van der Waals surface area contributed by atoms with Crippen LogP contribution in [0, 0.1) is 0 Å². The van der Waals surface area contributed by atoms with Crippen molar-refractivity contribution >= 4 is 35.3 Å². The minimum atomic E-state index is 0. The molecule has 2 aliphatic heterocycles. The van der Waals surface area contributed by atoms with E-state index in [1.807, 2.05) is 11.0 Å². The first-order chi connectivity index (χ1) is 15.1.